The summed E-state index contributed by atoms with van der Waals surface area (Å²) in [6.45, 7) is 5.62. The molecule has 2 rings (SSSR count). The van der Waals surface area contributed by atoms with Crippen molar-refractivity contribution in [3.05, 3.63) is 59.7 Å². The third-order valence-corrected chi connectivity index (χ3v) is 5.82. The van der Waals surface area contributed by atoms with Gasteiger partial charge in [0.2, 0.25) is 0 Å². The van der Waals surface area contributed by atoms with E-state index in [1.54, 1.807) is 23.9 Å². The topological polar surface area (TPSA) is 58.9 Å². The summed E-state index contributed by atoms with van der Waals surface area (Å²) in [5, 5.41) is 20.5. The first-order valence-electron chi connectivity index (χ1n) is 10.5. The fourth-order valence-corrected chi connectivity index (χ4v) is 4.11. The number of hydrogen-bond acceptors (Lipinski definition) is 5. The molecule has 0 aromatic heterocycles. The predicted octanol–water partition coefficient (Wildman–Crippen LogP) is 6.25. The van der Waals surface area contributed by atoms with E-state index in [1.165, 1.54) is 0 Å². The molecule has 0 amide bonds. The molecule has 0 radical (unpaired) electrons. The van der Waals surface area contributed by atoms with Gasteiger partial charge < -0.3 is 19.7 Å². The second-order valence-corrected chi connectivity index (χ2v) is 8.16. The Labute approximate surface area is 179 Å². The summed E-state index contributed by atoms with van der Waals surface area (Å²) in [5.41, 5.74) is 1.64. The van der Waals surface area contributed by atoms with Gasteiger partial charge in [-0.15, -0.1) is 0 Å². The van der Waals surface area contributed by atoms with Crippen molar-refractivity contribution in [2.45, 2.75) is 51.7 Å². The minimum Gasteiger partial charge on any atom is -0.508 e. The normalized spacial score (nSPS) is 13.3. The number of unbranched alkanes of at least 4 members (excludes halogenated alkanes) is 2. The van der Waals surface area contributed by atoms with Crippen molar-refractivity contribution in [1.29, 1.82) is 0 Å². The highest BCUT2D eigenvalue weighted by Crippen LogP contribution is 2.33. The molecule has 5 heteroatoms. The van der Waals surface area contributed by atoms with Crippen molar-refractivity contribution in [3.63, 3.8) is 0 Å². The largest absolute Gasteiger partial charge is 0.508 e. The second-order valence-electron chi connectivity index (χ2n) is 7.08. The maximum absolute atomic E-state index is 10.3. The fraction of sp³-hybridized carbons (Fsp3) is 0.500. The molecule has 160 valence electrons. The SMILES string of the molecule is CCCCOC(CSCC(OCCCC)c1ccccc1O)c1ccccc1O. The van der Waals surface area contributed by atoms with E-state index >= 15 is 0 Å². The highest BCUT2D eigenvalue weighted by atomic mass is 32.2. The maximum atomic E-state index is 10.3. The molecule has 0 saturated heterocycles. The van der Waals surface area contributed by atoms with E-state index in [0.717, 1.165) is 36.8 Å². The number of thioether (sulfide) groups is 1. The average Bonchev–Trinajstić information content (AvgIpc) is 2.73. The van der Waals surface area contributed by atoms with Crippen LogP contribution in [0.5, 0.6) is 11.5 Å². The van der Waals surface area contributed by atoms with Crippen molar-refractivity contribution in [3.8, 4) is 11.5 Å². The van der Waals surface area contributed by atoms with Gasteiger partial charge in [-0.1, -0.05) is 63.1 Å². The predicted molar refractivity (Wildman–Crippen MR) is 121 cm³/mol. The lowest BCUT2D eigenvalue weighted by molar-refractivity contribution is 0.0617. The molecule has 0 fully saturated rings. The average molecular weight is 419 g/mol. The van der Waals surface area contributed by atoms with Crippen molar-refractivity contribution >= 4 is 11.8 Å². The summed E-state index contributed by atoms with van der Waals surface area (Å²) in [6, 6.07) is 14.7. The van der Waals surface area contributed by atoms with Gasteiger partial charge in [0.25, 0.3) is 0 Å². The molecule has 0 aliphatic rings. The monoisotopic (exact) mass is 418 g/mol. The van der Waals surface area contributed by atoms with Gasteiger partial charge in [-0.2, -0.15) is 11.8 Å². The van der Waals surface area contributed by atoms with E-state index < -0.39 is 0 Å². The number of benzene rings is 2. The molecule has 0 aliphatic heterocycles. The molecule has 29 heavy (non-hydrogen) atoms. The van der Waals surface area contributed by atoms with Gasteiger partial charge in [0.15, 0.2) is 0 Å². The van der Waals surface area contributed by atoms with E-state index in [2.05, 4.69) is 13.8 Å². The molecular weight excluding hydrogens is 384 g/mol. The number of phenolic OH excluding ortho intramolecular Hbond substituents is 2. The molecule has 0 aliphatic carbocycles. The zero-order valence-electron chi connectivity index (χ0n) is 17.5. The zero-order valence-corrected chi connectivity index (χ0v) is 18.4. The second kappa shape index (κ2) is 13.5. The van der Waals surface area contributed by atoms with Gasteiger partial charge in [0, 0.05) is 35.8 Å². The van der Waals surface area contributed by atoms with Crippen molar-refractivity contribution in [1.82, 2.24) is 0 Å². The lowest BCUT2D eigenvalue weighted by Gasteiger charge is -2.22. The van der Waals surface area contributed by atoms with Crippen LogP contribution >= 0.6 is 11.8 Å². The Hall–Kier alpha value is -1.69. The summed E-state index contributed by atoms with van der Waals surface area (Å²) in [4.78, 5) is 0. The first-order valence-corrected chi connectivity index (χ1v) is 11.7. The molecule has 0 saturated carbocycles. The third-order valence-electron chi connectivity index (χ3n) is 4.74. The number of para-hydroxylation sites is 2. The molecule has 0 bridgehead atoms. The van der Waals surface area contributed by atoms with Crippen LogP contribution in [0.25, 0.3) is 0 Å². The van der Waals surface area contributed by atoms with E-state index in [4.69, 9.17) is 9.47 Å². The maximum Gasteiger partial charge on any atom is 0.121 e. The van der Waals surface area contributed by atoms with Crippen LogP contribution in [0.1, 0.15) is 62.9 Å². The summed E-state index contributed by atoms with van der Waals surface area (Å²) < 4.78 is 12.2. The minimum atomic E-state index is -0.173. The molecule has 4 nitrogen and oxygen atoms in total. The van der Waals surface area contributed by atoms with Gasteiger partial charge in [0.05, 0.1) is 12.2 Å². The quantitative estimate of drug-likeness (QED) is 0.355. The summed E-state index contributed by atoms with van der Waals surface area (Å²) >= 11 is 1.72. The van der Waals surface area contributed by atoms with E-state index in [-0.39, 0.29) is 23.7 Å². The van der Waals surface area contributed by atoms with E-state index in [1.807, 2.05) is 36.4 Å². The Morgan fingerprint density at radius 2 is 1.14 bits per heavy atom. The van der Waals surface area contributed by atoms with Crippen LogP contribution in [0.2, 0.25) is 0 Å². The number of aromatic hydroxyl groups is 2. The van der Waals surface area contributed by atoms with Crippen LogP contribution in [-0.4, -0.2) is 34.9 Å². The van der Waals surface area contributed by atoms with Gasteiger partial charge in [0.1, 0.15) is 11.5 Å². The van der Waals surface area contributed by atoms with Gasteiger partial charge in [-0.25, -0.2) is 0 Å². The molecular formula is C24H34O4S. The Morgan fingerprint density at radius 3 is 1.52 bits per heavy atom. The Kier molecular flexibility index (Phi) is 11.0. The van der Waals surface area contributed by atoms with E-state index in [9.17, 15) is 10.2 Å². The number of hydrogen-bond donors (Lipinski definition) is 2. The molecule has 2 aromatic carbocycles. The number of rotatable bonds is 14. The number of ether oxygens (including phenoxy) is 2. The lowest BCUT2D eigenvalue weighted by Crippen LogP contribution is -2.13. The van der Waals surface area contributed by atoms with Crippen LogP contribution in [0.3, 0.4) is 0 Å². The molecule has 0 heterocycles. The van der Waals surface area contributed by atoms with Gasteiger partial charge in [-0.3, -0.25) is 0 Å². The standard InChI is InChI=1S/C24H34O4S/c1-3-5-15-27-23(19-11-7-9-13-21(19)25)17-29-18-24(28-16-6-4-2)20-12-8-10-14-22(20)26/h7-14,23-26H,3-6,15-18H2,1-2H3. The van der Waals surface area contributed by atoms with Gasteiger partial charge in [-0.05, 0) is 25.0 Å². The first kappa shape index (κ1) is 23.6. The zero-order chi connectivity index (χ0) is 20.9. The van der Waals surface area contributed by atoms with Crippen molar-refractivity contribution < 1.29 is 19.7 Å². The first-order chi connectivity index (χ1) is 14.2. The third kappa shape index (κ3) is 7.92. The summed E-state index contributed by atoms with van der Waals surface area (Å²) in [5.74, 6) is 1.96. The Balaban J connectivity index is 2.03. The Morgan fingerprint density at radius 1 is 0.724 bits per heavy atom. The molecule has 0 spiro atoms. The molecule has 2 N–H and O–H groups in total. The molecule has 2 aromatic rings. The summed E-state index contributed by atoms with van der Waals surface area (Å²) in [6.07, 6.45) is 3.79. The van der Waals surface area contributed by atoms with Gasteiger partial charge >= 0.3 is 0 Å². The lowest BCUT2D eigenvalue weighted by atomic mass is 10.1. The van der Waals surface area contributed by atoms with Crippen LogP contribution in [0.4, 0.5) is 0 Å². The minimum absolute atomic E-state index is 0.173. The Bertz CT molecular complexity index is 647. The van der Waals surface area contributed by atoms with Crippen molar-refractivity contribution in [2.24, 2.45) is 0 Å². The highest BCUT2D eigenvalue weighted by Gasteiger charge is 2.20. The van der Waals surface area contributed by atoms with E-state index in [0.29, 0.717) is 24.7 Å². The van der Waals surface area contributed by atoms with Crippen LogP contribution in [0, 0.1) is 0 Å². The number of phenols is 2. The summed E-state index contributed by atoms with van der Waals surface area (Å²) in [7, 11) is 0. The molecule has 2 atom stereocenters. The fourth-order valence-electron chi connectivity index (χ4n) is 3.00. The van der Waals surface area contributed by atoms with Crippen LogP contribution in [0.15, 0.2) is 48.5 Å². The smallest absolute Gasteiger partial charge is 0.121 e. The van der Waals surface area contributed by atoms with Crippen molar-refractivity contribution in [2.75, 3.05) is 24.7 Å². The van der Waals surface area contributed by atoms with Crippen LogP contribution < -0.4 is 0 Å². The highest BCUT2D eigenvalue weighted by molar-refractivity contribution is 7.99. The van der Waals surface area contributed by atoms with Crippen LogP contribution in [-0.2, 0) is 9.47 Å². The molecule has 2 unspecified atom stereocenters.